The van der Waals surface area contributed by atoms with E-state index in [9.17, 15) is 24.0 Å². The third-order valence-corrected chi connectivity index (χ3v) is 7.23. The Bertz CT molecular complexity index is 880. The molecule has 10 heteroatoms. The Morgan fingerprint density at radius 2 is 1.47 bits per heavy atom. The van der Waals surface area contributed by atoms with Crippen LogP contribution in [-0.2, 0) is 30.4 Å². The minimum Gasteiger partial charge on any atom is -0.357 e. The summed E-state index contributed by atoms with van der Waals surface area (Å²) in [4.78, 5) is 61.7. The highest BCUT2D eigenvalue weighted by molar-refractivity contribution is 8.14. The van der Waals surface area contributed by atoms with Crippen LogP contribution in [0.5, 0.6) is 0 Å². The van der Waals surface area contributed by atoms with Crippen molar-refractivity contribution in [1.82, 2.24) is 16.0 Å². The van der Waals surface area contributed by atoms with Crippen molar-refractivity contribution in [2.24, 2.45) is 5.92 Å². The highest BCUT2D eigenvalue weighted by Crippen LogP contribution is 2.20. The molecule has 0 aromatic heterocycles. The van der Waals surface area contributed by atoms with Crippen LogP contribution in [0.1, 0.15) is 58.9 Å². The van der Waals surface area contributed by atoms with Crippen LogP contribution >= 0.6 is 23.5 Å². The molecule has 0 heterocycles. The van der Waals surface area contributed by atoms with Gasteiger partial charge < -0.3 is 16.0 Å². The number of benzene rings is 1. The Morgan fingerprint density at radius 3 is 2.03 bits per heavy atom. The van der Waals surface area contributed by atoms with Gasteiger partial charge in [-0.15, -0.1) is 0 Å². The van der Waals surface area contributed by atoms with Gasteiger partial charge in [0.15, 0.2) is 10.2 Å². The van der Waals surface area contributed by atoms with Gasteiger partial charge in [0.05, 0.1) is 5.25 Å². The lowest BCUT2D eigenvalue weighted by atomic mass is 10.0. The second-order valence-corrected chi connectivity index (χ2v) is 11.6. The van der Waals surface area contributed by atoms with Crippen molar-refractivity contribution in [1.29, 1.82) is 0 Å². The summed E-state index contributed by atoms with van der Waals surface area (Å²) in [5, 5.41) is 7.45. The van der Waals surface area contributed by atoms with Gasteiger partial charge in [-0.2, -0.15) is 0 Å². The fourth-order valence-corrected chi connectivity index (χ4v) is 5.06. The highest BCUT2D eigenvalue weighted by Gasteiger charge is 2.30. The average molecular weight is 538 g/mol. The third kappa shape index (κ3) is 13.1. The molecule has 1 rings (SSSR count). The number of unbranched alkanes of at least 4 members (excludes halogenated alkanes) is 1. The number of carbonyl (C=O) groups excluding carboxylic acids is 5. The number of nitrogens with one attached hydrogen (secondary N) is 3. The molecule has 1 aromatic carbocycles. The molecule has 0 aliphatic carbocycles. The molecule has 3 atom stereocenters. The molecule has 1 aromatic rings. The maximum Gasteiger partial charge on any atom is 0.243 e. The van der Waals surface area contributed by atoms with Gasteiger partial charge >= 0.3 is 0 Å². The van der Waals surface area contributed by atoms with Crippen molar-refractivity contribution in [3.8, 4) is 0 Å². The van der Waals surface area contributed by atoms with Crippen LogP contribution in [0.25, 0.3) is 0 Å². The number of rotatable bonds is 15. The molecule has 3 amide bonds. The Kier molecular flexibility index (Phi) is 15.1. The number of amides is 3. The van der Waals surface area contributed by atoms with E-state index in [0.717, 1.165) is 23.7 Å². The number of hydrogen-bond donors (Lipinski definition) is 3. The Balaban J connectivity index is 2.91. The van der Waals surface area contributed by atoms with Crippen molar-refractivity contribution in [2.45, 2.75) is 77.1 Å². The topological polar surface area (TPSA) is 121 Å². The predicted molar refractivity (Wildman–Crippen MR) is 147 cm³/mol. The van der Waals surface area contributed by atoms with Crippen LogP contribution in [0, 0.1) is 5.92 Å². The smallest absolute Gasteiger partial charge is 0.243 e. The van der Waals surface area contributed by atoms with Crippen molar-refractivity contribution < 1.29 is 24.0 Å². The zero-order valence-electron chi connectivity index (χ0n) is 21.8. The van der Waals surface area contributed by atoms with Crippen molar-refractivity contribution in [3.63, 3.8) is 0 Å². The zero-order valence-corrected chi connectivity index (χ0v) is 23.4. The summed E-state index contributed by atoms with van der Waals surface area (Å²) in [6.07, 6.45) is 2.58. The minimum absolute atomic E-state index is 0.0484. The SMILES string of the molecule is CNC(=O)[C@H](Cc1ccccc1)NC(=O)[C@H](CC(C)C)NC(=O)C(CCCCSC(C)=O)SC(C)=O. The van der Waals surface area contributed by atoms with E-state index in [1.54, 1.807) is 0 Å². The van der Waals surface area contributed by atoms with Gasteiger partial charge in [0.1, 0.15) is 12.1 Å². The minimum atomic E-state index is -0.844. The first kappa shape index (κ1) is 31.7. The fourth-order valence-electron chi connectivity index (χ4n) is 3.56. The molecule has 0 saturated heterocycles. The first-order valence-electron chi connectivity index (χ1n) is 12.2. The van der Waals surface area contributed by atoms with Crippen LogP contribution in [0.3, 0.4) is 0 Å². The van der Waals surface area contributed by atoms with Crippen molar-refractivity contribution in [2.75, 3.05) is 12.8 Å². The van der Waals surface area contributed by atoms with Crippen LogP contribution in [0.2, 0.25) is 0 Å². The van der Waals surface area contributed by atoms with E-state index in [-0.39, 0.29) is 28.0 Å². The van der Waals surface area contributed by atoms with Crippen LogP contribution in [0.15, 0.2) is 30.3 Å². The average Bonchev–Trinajstić information content (AvgIpc) is 2.81. The van der Waals surface area contributed by atoms with E-state index < -0.39 is 23.2 Å². The Hall–Kier alpha value is -2.33. The second-order valence-electron chi connectivity index (χ2n) is 8.99. The van der Waals surface area contributed by atoms with Crippen LogP contribution in [-0.4, -0.2) is 58.1 Å². The van der Waals surface area contributed by atoms with Gasteiger partial charge in [0.25, 0.3) is 0 Å². The number of carbonyl (C=O) groups is 5. The van der Waals surface area contributed by atoms with E-state index >= 15 is 0 Å². The summed E-state index contributed by atoms with van der Waals surface area (Å²) < 4.78 is 0. The third-order valence-electron chi connectivity index (χ3n) is 5.27. The fraction of sp³-hybridized carbons (Fsp3) is 0.577. The molecule has 3 N–H and O–H groups in total. The molecule has 0 radical (unpaired) electrons. The van der Waals surface area contributed by atoms with E-state index in [0.29, 0.717) is 31.4 Å². The maximum atomic E-state index is 13.2. The lowest BCUT2D eigenvalue weighted by Crippen LogP contribution is -2.55. The molecule has 0 spiro atoms. The summed E-state index contributed by atoms with van der Waals surface area (Å²) >= 11 is 2.19. The number of likely N-dealkylation sites (N-methyl/N-ethyl adjacent to an activating group) is 1. The molecule has 200 valence electrons. The molecule has 0 aliphatic rings. The van der Waals surface area contributed by atoms with Crippen LogP contribution < -0.4 is 16.0 Å². The van der Waals surface area contributed by atoms with Gasteiger partial charge in [-0.05, 0) is 30.7 Å². The van der Waals surface area contributed by atoms with E-state index in [1.165, 1.54) is 32.7 Å². The number of thioether (sulfide) groups is 2. The van der Waals surface area contributed by atoms with Crippen molar-refractivity contribution in [3.05, 3.63) is 35.9 Å². The molecule has 8 nitrogen and oxygen atoms in total. The quantitative estimate of drug-likeness (QED) is 0.294. The van der Waals surface area contributed by atoms with Gasteiger partial charge in [-0.3, -0.25) is 24.0 Å². The summed E-state index contributed by atoms with van der Waals surface area (Å²) in [6, 6.07) is 7.74. The first-order chi connectivity index (χ1) is 17.0. The monoisotopic (exact) mass is 537 g/mol. The zero-order chi connectivity index (χ0) is 27.1. The second kappa shape index (κ2) is 17.2. The molecule has 0 bridgehead atoms. The summed E-state index contributed by atoms with van der Waals surface area (Å²) in [5.74, 6) is -0.373. The standard InChI is InChI=1S/C26H39N3O5S2/c1-17(2)15-21(25(33)28-22(24(32)27-5)16-20-11-7-6-8-12-20)29-26(34)23(36-19(4)31)13-9-10-14-35-18(3)30/h6-8,11-12,17,21-23H,9-10,13-16H2,1-5H3,(H,27,32)(H,28,33)(H,29,34)/t21-,22-,23?/m0/s1. The van der Waals surface area contributed by atoms with E-state index in [2.05, 4.69) is 16.0 Å². The number of hydrogen-bond acceptors (Lipinski definition) is 7. The Morgan fingerprint density at radius 1 is 0.833 bits per heavy atom. The highest BCUT2D eigenvalue weighted by atomic mass is 32.2. The van der Waals surface area contributed by atoms with E-state index in [1.807, 2.05) is 44.2 Å². The van der Waals surface area contributed by atoms with Gasteiger partial charge in [0.2, 0.25) is 17.7 Å². The molecule has 36 heavy (non-hydrogen) atoms. The normalized spacial score (nSPS) is 13.4. The molecule has 0 fully saturated rings. The summed E-state index contributed by atoms with van der Waals surface area (Å²) in [7, 11) is 1.51. The molecule has 1 unspecified atom stereocenters. The van der Waals surface area contributed by atoms with Gasteiger partial charge in [-0.25, -0.2) is 0 Å². The van der Waals surface area contributed by atoms with Crippen molar-refractivity contribution >= 4 is 51.5 Å². The lowest BCUT2D eigenvalue weighted by Gasteiger charge is -2.25. The lowest BCUT2D eigenvalue weighted by molar-refractivity contribution is -0.132. The largest absolute Gasteiger partial charge is 0.357 e. The predicted octanol–water partition coefficient (Wildman–Crippen LogP) is 3.09. The molecule has 0 saturated carbocycles. The van der Waals surface area contributed by atoms with Gasteiger partial charge in [-0.1, -0.05) is 74.1 Å². The maximum absolute atomic E-state index is 13.2. The summed E-state index contributed by atoms with van der Waals surface area (Å²) in [6.45, 7) is 6.82. The summed E-state index contributed by atoms with van der Waals surface area (Å²) in [5.41, 5.74) is 0.900. The molecule has 0 aliphatic heterocycles. The van der Waals surface area contributed by atoms with Gasteiger partial charge in [0, 0.05) is 33.1 Å². The van der Waals surface area contributed by atoms with E-state index in [4.69, 9.17) is 0 Å². The molecular formula is C26H39N3O5S2. The first-order valence-corrected chi connectivity index (χ1v) is 14.1. The molecular weight excluding hydrogens is 498 g/mol. The van der Waals surface area contributed by atoms with Crippen LogP contribution in [0.4, 0.5) is 0 Å². The Labute approximate surface area is 222 Å².